The van der Waals surface area contributed by atoms with Crippen LogP contribution in [0.25, 0.3) is 55.0 Å². The summed E-state index contributed by atoms with van der Waals surface area (Å²) in [6, 6.07) is 26.8. The number of hydrogen-bond acceptors (Lipinski definition) is 3. The third-order valence-corrected chi connectivity index (χ3v) is 5.10. The van der Waals surface area contributed by atoms with Crippen LogP contribution in [0.1, 0.15) is 0 Å². The molecular weight excluding hydrogens is 332 g/mol. The summed E-state index contributed by atoms with van der Waals surface area (Å²) in [5.74, 6) is 0. The van der Waals surface area contributed by atoms with Gasteiger partial charge in [0.15, 0.2) is 0 Å². The van der Waals surface area contributed by atoms with E-state index in [4.69, 9.17) is 9.40 Å². The highest BCUT2D eigenvalue weighted by Gasteiger charge is 2.10. The summed E-state index contributed by atoms with van der Waals surface area (Å²) in [5.41, 5.74) is 5.69. The number of rotatable bonds is 1. The van der Waals surface area contributed by atoms with Crippen LogP contribution >= 0.6 is 0 Å². The number of furan rings is 1. The molecule has 3 heterocycles. The standard InChI is InChI=1S/C24H14N2O/c1-2-6-21-18(5-1)19-14-17(10-12-22(19)27-21)20-11-9-16-8-7-15-4-3-13-25-23(15)24(16)26-20/h1-14H. The quantitative estimate of drug-likeness (QED) is 0.326. The maximum Gasteiger partial charge on any atom is 0.135 e. The van der Waals surface area contributed by atoms with Gasteiger partial charge in [-0.1, -0.05) is 42.5 Å². The lowest BCUT2D eigenvalue weighted by atomic mass is 10.0. The van der Waals surface area contributed by atoms with Crippen molar-refractivity contribution in [2.75, 3.05) is 0 Å². The molecule has 0 aliphatic rings. The minimum absolute atomic E-state index is 0.896. The number of hydrogen-bond donors (Lipinski definition) is 0. The number of pyridine rings is 2. The van der Waals surface area contributed by atoms with Crippen molar-refractivity contribution in [2.45, 2.75) is 0 Å². The predicted molar refractivity (Wildman–Crippen MR) is 110 cm³/mol. The Kier molecular flexibility index (Phi) is 2.88. The molecule has 0 aliphatic heterocycles. The van der Waals surface area contributed by atoms with Gasteiger partial charge in [0.2, 0.25) is 0 Å². The van der Waals surface area contributed by atoms with E-state index >= 15 is 0 Å². The van der Waals surface area contributed by atoms with E-state index < -0.39 is 0 Å². The number of benzene rings is 3. The molecule has 0 N–H and O–H groups in total. The first-order valence-electron chi connectivity index (χ1n) is 8.93. The molecule has 0 spiro atoms. The lowest BCUT2D eigenvalue weighted by Crippen LogP contribution is -1.88. The Balaban J connectivity index is 1.62. The Morgan fingerprint density at radius 3 is 2.41 bits per heavy atom. The Bertz CT molecular complexity index is 1480. The van der Waals surface area contributed by atoms with Gasteiger partial charge >= 0.3 is 0 Å². The zero-order chi connectivity index (χ0) is 17.8. The molecule has 126 valence electrons. The summed E-state index contributed by atoms with van der Waals surface area (Å²) in [5, 5.41) is 4.44. The van der Waals surface area contributed by atoms with Crippen LogP contribution in [-0.2, 0) is 0 Å². The molecule has 0 saturated carbocycles. The van der Waals surface area contributed by atoms with Crippen LogP contribution in [-0.4, -0.2) is 9.97 Å². The first-order valence-corrected chi connectivity index (χ1v) is 8.93. The van der Waals surface area contributed by atoms with Gasteiger partial charge in [-0.25, -0.2) is 4.98 Å². The SMILES string of the molecule is c1cnc2c(c1)ccc1ccc(-c3ccc4oc5ccccc5c4c3)nc12. The molecular formula is C24H14N2O. The summed E-state index contributed by atoms with van der Waals surface area (Å²) in [7, 11) is 0. The van der Waals surface area contributed by atoms with E-state index in [1.807, 2.05) is 36.5 Å². The number of nitrogens with zero attached hydrogens (tertiary/aromatic N) is 2. The normalized spacial score (nSPS) is 11.7. The van der Waals surface area contributed by atoms with E-state index in [-0.39, 0.29) is 0 Å². The van der Waals surface area contributed by atoms with E-state index in [1.54, 1.807) is 0 Å². The highest BCUT2D eigenvalue weighted by Crippen LogP contribution is 2.32. The first-order chi connectivity index (χ1) is 13.4. The maximum atomic E-state index is 5.94. The Hall–Kier alpha value is -3.72. The van der Waals surface area contributed by atoms with E-state index in [0.717, 1.165) is 55.0 Å². The van der Waals surface area contributed by atoms with Gasteiger partial charge in [-0.05, 0) is 36.4 Å². The highest BCUT2D eigenvalue weighted by molar-refractivity contribution is 6.07. The molecule has 3 nitrogen and oxygen atoms in total. The van der Waals surface area contributed by atoms with Gasteiger partial charge in [0.05, 0.1) is 16.7 Å². The van der Waals surface area contributed by atoms with Crippen LogP contribution < -0.4 is 0 Å². The second-order valence-corrected chi connectivity index (χ2v) is 6.72. The van der Waals surface area contributed by atoms with Gasteiger partial charge in [0.1, 0.15) is 11.2 Å². The average Bonchev–Trinajstić information content (AvgIpc) is 3.11. The van der Waals surface area contributed by atoms with Crippen LogP contribution in [0.2, 0.25) is 0 Å². The number of fused-ring (bicyclic) bond motifs is 6. The molecule has 0 atom stereocenters. The van der Waals surface area contributed by atoms with Crippen molar-refractivity contribution in [1.29, 1.82) is 0 Å². The molecule has 3 aromatic carbocycles. The van der Waals surface area contributed by atoms with E-state index in [0.29, 0.717) is 0 Å². The van der Waals surface area contributed by atoms with Gasteiger partial charge < -0.3 is 4.42 Å². The molecule has 6 rings (SSSR count). The fraction of sp³-hybridized carbons (Fsp3) is 0. The summed E-state index contributed by atoms with van der Waals surface area (Å²) in [6.45, 7) is 0. The van der Waals surface area contributed by atoms with E-state index in [2.05, 4.69) is 53.5 Å². The van der Waals surface area contributed by atoms with Crippen molar-refractivity contribution >= 4 is 43.7 Å². The minimum atomic E-state index is 0.896. The predicted octanol–water partition coefficient (Wildman–Crippen LogP) is 6.35. The third-order valence-electron chi connectivity index (χ3n) is 5.10. The zero-order valence-electron chi connectivity index (χ0n) is 14.4. The Morgan fingerprint density at radius 1 is 0.630 bits per heavy atom. The van der Waals surface area contributed by atoms with Gasteiger partial charge in [0.25, 0.3) is 0 Å². The fourth-order valence-corrected chi connectivity index (χ4v) is 3.77. The second-order valence-electron chi connectivity index (χ2n) is 6.72. The monoisotopic (exact) mass is 346 g/mol. The molecule has 27 heavy (non-hydrogen) atoms. The van der Waals surface area contributed by atoms with E-state index in [9.17, 15) is 0 Å². The number of para-hydroxylation sites is 1. The minimum Gasteiger partial charge on any atom is -0.456 e. The molecule has 6 aromatic rings. The summed E-state index contributed by atoms with van der Waals surface area (Å²) in [4.78, 5) is 9.50. The van der Waals surface area contributed by atoms with Crippen LogP contribution in [0.15, 0.2) is 89.5 Å². The van der Waals surface area contributed by atoms with Crippen molar-refractivity contribution in [3.8, 4) is 11.3 Å². The summed E-state index contributed by atoms with van der Waals surface area (Å²) in [6.07, 6.45) is 1.82. The topological polar surface area (TPSA) is 38.9 Å². The molecule has 0 aliphatic carbocycles. The molecule has 3 aromatic heterocycles. The largest absolute Gasteiger partial charge is 0.456 e. The smallest absolute Gasteiger partial charge is 0.135 e. The lowest BCUT2D eigenvalue weighted by molar-refractivity contribution is 0.669. The van der Waals surface area contributed by atoms with Crippen LogP contribution in [0, 0.1) is 0 Å². The Morgan fingerprint density at radius 2 is 1.44 bits per heavy atom. The highest BCUT2D eigenvalue weighted by atomic mass is 16.3. The van der Waals surface area contributed by atoms with Crippen molar-refractivity contribution in [2.24, 2.45) is 0 Å². The second kappa shape index (κ2) is 5.39. The fourth-order valence-electron chi connectivity index (χ4n) is 3.77. The first kappa shape index (κ1) is 14.4. The molecule has 0 unspecified atom stereocenters. The van der Waals surface area contributed by atoms with Gasteiger partial charge in [-0.2, -0.15) is 0 Å². The Labute approximate surface area is 154 Å². The summed E-state index contributed by atoms with van der Waals surface area (Å²) < 4.78 is 5.94. The maximum absolute atomic E-state index is 5.94. The molecule has 0 bridgehead atoms. The van der Waals surface area contributed by atoms with Crippen LogP contribution in [0.5, 0.6) is 0 Å². The average molecular weight is 346 g/mol. The van der Waals surface area contributed by atoms with Crippen LogP contribution in [0.3, 0.4) is 0 Å². The van der Waals surface area contributed by atoms with Crippen molar-refractivity contribution in [3.63, 3.8) is 0 Å². The zero-order valence-corrected chi connectivity index (χ0v) is 14.4. The van der Waals surface area contributed by atoms with Gasteiger partial charge in [0, 0.05) is 33.3 Å². The van der Waals surface area contributed by atoms with Crippen molar-refractivity contribution in [1.82, 2.24) is 9.97 Å². The van der Waals surface area contributed by atoms with Crippen molar-refractivity contribution in [3.05, 3.63) is 85.1 Å². The molecule has 0 radical (unpaired) electrons. The molecule has 3 heteroatoms. The van der Waals surface area contributed by atoms with Crippen molar-refractivity contribution < 1.29 is 4.42 Å². The molecule has 0 saturated heterocycles. The third kappa shape index (κ3) is 2.15. The number of aromatic nitrogens is 2. The van der Waals surface area contributed by atoms with E-state index in [1.165, 1.54) is 0 Å². The van der Waals surface area contributed by atoms with Gasteiger partial charge in [-0.15, -0.1) is 0 Å². The summed E-state index contributed by atoms with van der Waals surface area (Å²) >= 11 is 0. The molecule has 0 amide bonds. The molecule has 0 fully saturated rings. The lowest BCUT2D eigenvalue weighted by Gasteiger charge is -2.06. The van der Waals surface area contributed by atoms with Crippen LogP contribution in [0.4, 0.5) is 0 Å². The van der Waals surface area contributed by atoms with Gasteiger partial charge in [-0.3, -0.25) is 4.98 Å².